The second-order valence-electron chi connectivity index (χ2n) is 5.55. The van der Waals surface area contributed by atoms with Crippen molar-refractivity contribution in [3.63, 3.8) is 0 Å². The van der Waals surface area contributed by atoms with Crippen molar-refractivity contribution in [1.29, 1.82) is 0 Å². The SMILES string of the molecule is O=C(O)C1(CNCCc2ccc3c(c2)CCO3)CC1. The molecule has 0 spiro atoms. The second-order valence-corrected chi connectivity index (χ2v) is 5.55. The quantitative estimate of drug-likeness (QED) is 0.764. The molecule has 2 aliphatic rings. The van der Waals surface area contributed by atoms with Crippen LogP contribution in [-0.2, 0) is 17.6 Å². The first-order valence-electron chi connectivity index (χ1n) is 6.88. The summed E-state index contributed by atoms with van der Waals surface area (Å²) in [6.45, 7) is 2.21. The summed E-state index contributed by atoms with van der Waals surface area (Å²) in [5.41, 5.74) is 2.12. The summed E-state index contributed by atoms with van der Waals surface area (Å²) in [7, 11) is 0. The summed E-state index contributed by atoms with van der Waals surface area (Å²) in [6.07, 6.45) is 3.55. The van der Waals surface area contributed by atoms with Crippen LogP contribution in [0.25, 0.3) is 0 Å². The molecule has 1 fully saturated rings. The Bertz CT molecular complexity index is 494. The first-order valence-corrected chi connectivity index (χ1v) is 6.88. The van der Waals surface area contributed by atoms with Crippen LogP contribution >= 0.6 is 0 Å². The zero-order chi connectivity index (χ0) is 13.3. The number of hydrogen-bond acceptors (Lipinski definition) is 3. The third kappa shape index (κ3) is 2.59. The maximum atomic E-state index is 11.0. The molecule has 1 heterocycles. The predicted molar refractivity (Wildman–Crippen MR) is 71.5 cm³/mol. The third-order valence-electron chi connectivity index (χ3n) is 4.11. The van der Waals surface area contributed by atoms with Crippen LogP contribution in [0.3, 0.4) is 0 Å². The number of nitrogens with one attached hydrogen (secondary N) is 1. The lowest BCUT2D eigenvalue weighted by molar-refractivity contribution is -0.143. The zero-order valence-electron chi connectivity index (χ0n) is 10.9. The molecule has 0 amide bonds. The summed E-state index contributed by atoms with van der Waals surface area (Å²) in [6, 6.07) is 6.33. The van der Waals surface area contributed by atoms with Crippen LogP contribution in [0.4, 0.5) is 0 Å². The molecular formula is C15H19NO3. The third-order valence-corrected chi connectivity index (χ3v) is 4.11. The molecule has 1 aromatic carbocycles. The van der Waals surface area contributed by atoms with E-state index in [-0.39, 0.29) is 0 Å². The normalized spacial score (nSPS) is 18.7. The minimum Gasteiger partial charge on any atom is -0.493 e. The van der Waals surface area contributed by atoms with Crippen molar-refractivity contribution in [3.8, 4) is 5.75 Å². The molecule has 1 aromatic rings. The molecule has 0 radical (unpaired) electrons. The molecule has 0 unspecified atom stereocenters. The van der Waals surface area contributed by atoms with Gasteiger partial charge in [-0.25, -0.2) is 0 Å². The number of carboxylic acid groups (broad SMARTS) is 1. The lowest BCUT2D eigenvalue weighted by Gasteiger charge is -2.11. The van der Waals surface area contributed by atoms with Gasteiger partial charge >= 0.3 is 5.97 Å². The summed E-state index contributed by atoms with van der Waals surface area (Å²) in [4.78, 5) is 11.0. The van der Waals surface area contributed by atoms with Gasteiger partial charge in [0.15, 0.2) is 0 Å². The van der Waals surface area contributed by atoms with Gasteiger partial charge in [0, 0.05) is 13.0 Å². The Kier molecular flexibility index (Phi) is 3.19. The molecule has 1 saturated carbocycles. The van der Waals surface area contributed by atoms with E-state index in [1.807, 2.05) is 6.07 Å². The van der Waals surface area contributed by atoms with Gasteiger partial charge in [-0.05, 0) is 43.0 Å². The molecule has 19 heavy (non-hydrogen) atoms. The van der Waals surface area contributed by atoms with Gasteiger partial charge in [0.2, 0.25) is 0 Å². The number of carbonyl (C=O) groups is 1. The number of fused-ring (bicyclic) bond motifs is 1. The van der Waals surface area contributed by atoms with Gasteiger partial charge in [0.05, 0.1) is 12.0 Å². The Hall–Kier alpha value is -1.55. The van der Waals surface area contributed by atoms with Crippen molar-refractivity contribution in [2.75, 3.05) is 19.7 Å². The number of benzene rings is 1. The molecule has 3 rings (SSSR count). The van der Waals surface area contributed by atoms with Crippen molar-refractivity contribution in [2.45, 2.75) is 25.7 Å². The van der Waals surface area contributed by atoms with Crippen molar-refractivity contribution in [2.24, 2.45) is 5.41 Å². The fourth-order valence-electron chi connectivity index (χ4n) is 2.57. The van der Waals surface area contributed by atoms with Gasteiger partial charge in [-0.2, -0.15) is 0 Å². The van der Waals surface area contributed by atoms with E-state index in [1.54, 1.807) is 0 Å². The Labute approximate surface area is 112 Å². The maximum Gasteiger partial charge on any atom is 0.310 e. The highest BCUT2D eigenvalue weighted by molar-refractivity contribution is 5.78. The number of rotatable bonds is 6. The molecular weight excluding hydrogens is 242 g/mol. The van der Waals surface area contributed by atoms with Gasteiger partial charge in [-0.15, -0.1) is 0 Å². The average molecular weight is 261 g/mol. The Balaban J connectivity index is 1.47. The maximum absolute atomic E-state index is 11.0. The molecule has 1 aliphatic heterocycles. The zero-order valence-corrected chi connectivity index (χ0v) is 10.9. The van der Waals surface area contributed by atoms with Crippen LogP contribution in [0.15, 0.2) is 18.2 Å². The average Bonchev–Trinajstić information content (AvgIpc) is 3.05. The molecule has 0 bridgehead atoms. The summed E-state index contributed by atoms with van der Waals surface area (Å²) in [5.74, 6) is 0.356. The number of aliphatic carboxylic acids is 1. The summed E-state index contributed by atoms with van der Waals surface area (Å²) < 4.78 is 5.48. The van der Waals surface area contributed by atoms with Crippen molar-refractivity contribution in [3.05, 3.63) is 29.3 Å². The van der Waals surface area contributed by atoms with Gasteiger partial charge in [0.1, 0.15) is 5.75 Å². The van der Waals surface area contributed by atoms with Gasteiger partial charge in [-0.3, -0.25) is 4.79 Å². The number of hydrogen-bond donors (Lipinski definition) is 2. The van der Waals surface area contributed by atoms with E-state index in [0.717, 1.165) is 44.6 Å². The molecule has 102 valence electrons. The fourth-order valence-corrected chi connectivity index (χ4v) is 2.57. The molecule has 0 saturated heterocycles. The number of carboxylic acids is 1. The van der Waals surface area contributed by atoms with Gasteiger partial charge < -0.3 is 15.2 Å². The van der Waals surface area contributed by atoms with E-state index in [1.165, 1.54) is 11.1 Å². The summed E-state index contributed by atoms with van der Waals surface area (Å²) >= 11 is 0. The first kappa shape index (κ1) is 12.5. The second kappa shape index (κ2) is 4.85. The highest BCUT2D eigenvalue weighted by Crippen LogP contribution is 2.45. The van der Waals surface area contributed by atoms with Crippen molar-refractivity contribution >= 4 is 5.97 Å². The minimum atomic E-state index is -0.658. The van der Waals surface area contributed by atoms with Crippen LogP contribution < -0.4 is 10.1 Å². The lowest BCUT2D eigenvalue weighted by atomic mass is 10.1. The molecule has 2 N–H and O–H groups in total. The van der Waals surface area contributed by atoms with E-state index < -0.39 is 11.4 Å². The molecule has 0 aromatic heterocycles. The van der Waals surface area contributed by atoms with E-state index >= 15 is 0 Å². The largest absolute Gasteiger partial charge is 0.493 e. The van der Waals surface area contributed by atoms with Crippen LogP contribution in [0.2, 0.25) is 0 Å². The summed E-state index contributed by atoms with van der Waals surface area (Å²) in [5, 5.41) is 12.3. The van der Waals surface area contributed by atoms with E-state index in [4.69, 9.17) is 9.84 Å². The van der Waals surface area contributed by atoms with Gasteiger partial charge in [-0.1, -0.05) is 12.1 Å². The van der Waals surface area contributed by atoms with E-state index in [0.29, 0.717) is 6.54 Å². The predicted octanol–water partition coefficient (Wildman–Crippen LogP) is 1.62. The smallest absolute Gasteiger partial charge is 0.310 e. The Morgan fingerprint density at radius 1 is 1.42 bits per heavy atom. The van der Waals surface area contributed by atoms with Crippen molar-refractivity contribution < 1.29 is 14.6 Å². The van der Waals surface area contributed by atoms with Crippen LogP contribution in [0.5, 0.6) is 5.75 Å². The Morgan fingerprint density at radius 3 is 3.00 bits per heavy atom. The monoisotopic (exact) mass is 261 g/mol. The van der Waals surface area contributed by atoms with Crippen LogP contribution in [-0.4, -0.2) is 30.8 Å². The van der Waals surface area contributed by atoms with Crippen LogP contribution in [0, 0.1) is 5.41 Å². The van der Waals surface area contributed by atoms with Gasteiger partial charge in [0.25, 0.3) is 0 Å². The van der Waals surface area contributed by atoms with Crippen molar-refractivity contribution in [1.82, 2.24) is 5.32 Å². The van der Waals surface area contributed by atoms with E-state index in [2.05, 4.69) is 17.4 Å². The highest BCUT2D eigenvalue weighted by atomic mass is 16.5. The molecule has 1 aliphatic carbocycles. The molecule has 4 heteroatoms. The van der Waals surface area contributed by atoms with E-state index in [9.17, 15) is 4.79 Å². The van der Waals surface area contributed by atoms with Crippen LogP contribution in [0.1, 0.15) is 24.0 Å². The first-order chi connectivity index (χ1) is 9.20. The molecule has 4 nitrogen and oxygen atoms in total. The standard InChI is InChI=1S/C15H19NO3/c17-14(18)15(5-6-15)10-16-7-3-11-1-2-13-12(9-11)4-8-19-13/h1-2,9,16H,3-8,10H2,(H,17,18). The topological polar surface area (TPSA) is 58.6 Å². The Morgan fingerprint density at radius 2 is 2.26 bits per heavy atom. The number of ether oxygens (including phenoxy) is 1. The minimum absolute atomic E-state index is 0.466. The fraction of sp³-hybridized carbons (Fsp3) is 0.533. The highest BCUT2D eigenvalue weighted by Gasteiger charge is 2.49. The lowest BCUT2D eigenvalue weighted by Crippen LogP contribution is -2.31. The molecule has 0 atom stereocenters.